The molecule has 21 heavy (non-hydrogen) atoms. The van der Waals surface area contributed by atoms with Crippen LogP contribution in [0.15, 0.2) is 22.7 Å². The van der Waals surface area contributed by atoms with Crippen LogP contribution in [-0.2, 0) is 0 Å². The highest BCUT2D eigenvalue weighted by atomic mass is 79.9. The normalized spacial score (nSPS) is 22.2. The molecule has 2 rings (SSSR count). The number of halogens is 1. The minimum Gasteiger partial charge on any atom is -0.496 e. The van der Waals surface area contributed by atoms with Crippen molar-refractivity contribution >= 4 is 15.9 Å². The number of methoxy groups -OCH3 is 1. The zero-order chi connectivity index (χ0) is 15.4. The molecule has 0 saturated carbocycles. The van der Waals surface area contributed by atoms with Gasteiger partial charge in [-0.25, -0.2) is 0 Å². The summed E-state index contributed by atoms with van der Waals surface area (Å²) >= 11 is 3.56. The van der Waals surface area contributed by atoms with Gasteiger partial charge in [-0.2, -0.15) is 0 Å². The molecule has 0 amide bonds. The molecule has 1 fully saturated rings. The van der Waals surface area contributed by atoms with E-state index in [1.165, 1.54) is 12.0 Å². The molecule has 1 aliphatic heterocycles. The van der Waals surface area contributed by atoms with Crippen LogP contribution in [0.4, 0.5) is 0 Å². The number of piperazine rings is 1. The zero-order valence-electron chi connectivity index (χ0n) is 13.2. The van der Waals surface area contributed by atoms with Crippen molar-refractivity contribution in [2.75, 3.05) is 40.3 Å². The summed E-state index contributed by atoms with van der Waals surface area (Å²) in [5, 5.41) is 0. The smallest absolute Gasteiger partial charge is 0.123 e. The Labute approximate surface area is 136 Å². The number of nitrogens with zero attached hydrogens (tertiary/aromatic N) is 2. The minimum atomic E-state index is 0.209. The Morgan fingerprint density at radius 3 is 2.81 bits per heavy atom. The maximum atomic E-state index is 6.10. The van der Waals surface area contributed by atoms with Crippen molar-refractivity contribution in [2.24, 2.45) is 5.73 Å². The van der Waals surface area contributed by atoms with Crippen LogP contribution in [0.2, 0.25) is 0 Å². The van der Waals surface area contributed by atoms with Gasteiger partial charge in [0.2, 0.25) is 0 Å². The number of ether oxygens (including phenoxy) is 1. The van der Waals surface area contributed by atoms with E-state index in [1.54, 1.807) is 7.11 Å². The van der Waals surface area contributed by atoms with Crippen LogP contribution < -0.4 is 10.5 Å². The second kappa shape index (κ2) is 7.58. The Kier molecular flexibility index (Phi) is 6.05. The van der Waals surface area contributed by atoms with Crippen LogP contribution in [0.25, 0.3) is 0 Å². The zero-order valence-corrected chi connectivity index (χ0v) is 14.8. The first-order chi connectivity index (χ1) is 10.1. The molecule has 1 aliphatic rings. The largest absolute Gasteiger partial charge is 0.496 e. The van der Waals surface area contributed by atoms with E-state index >= 15 is 0 Å². The van der Waals surface area contributed by atoms with E-state index in [1.807, 2.05) is 12.1 Å². The molecule has 1 aromatic carbocycles. The minimum absolute atomic E-state index is 0.209. The fourth-order valence-corrected chi connectivity index (χ4v) is 3.51. The molecule has 1 saturated heterocycles. The second-order valence-corrected chi connectivity index (χ2v) is 6.59. The molecular weight excluding hydrogens is 330 g/mol. The monoisotopic (exact) mass is 355 g/mol. The summed E-state index contributed by atoms with van der Waals surface area (Å²) in [6.45, 7) is 6.05. The summed E-state index contributed by atoms with van der Waals surface area (Å²) in [6, 6.07) is 6.96. The van der Waals surface area contributed by atoms with Crippen LogP contribution >= 0.6 is 15.9 Å². The number of benzene rings is 1. The van der Waals surface area contributed by atoms with E-state index in [0.717, 1.165) is 29.9 Å². The molecule has 1 aromatic rings. The predicted molar refractivity (Wildman–Crippen MR) is 90.8 cm³/mol. The lowest BCUT2D eigenvalue weighted by Gasteiger charge is -2.43. The first-order valence-corrected chi connectivity index (χ1v) is 8.37. The van der Waals surface area contributed by atoms with Crippen LogP contribution in [0.1, 0.15) is 24.9 Å². The fourth-order valence-electron chi connectivity index (χ4n) is 3.13. The Bertz CT molecular complexity index is 469. The van der Waals surface area contributed by atoms with Crippen molar-refractivity contribution in [1.82, 2.24) is 9.80 Å². The lowest BCUT2D eigenvalue weighted by Crippen LogP contribution is -2.53. The fraction of sp³-hybridized carbons (Fsp3) is 0.625. The molecule has 118 valence electrons. The molecule has 0 aromatic heterocycles. The lowest BCUT2D eigenvalue weighted by atomic mass is 10.0. The van der Waals surface area contributed by atoms with Crippen LogP contribution in [0.5, 0.6) is 5.75 Å². The second-order valence-electron chi connectivity index (χ2n) is 5.68. The van der Waals surface area contributed by atoms with E-state index in [9.17, 15) is 0 Å². The van der Waals surface area contributed by atoms with Gasteiger partial charge >= 0.3 is 0 Å². The number of rotatable bonds is 5. The molecule has 0 aliphatic carbocycles. The summed E-state index contributed by atoms with van der Waals surface area (Å²) in [6.07, 6.45) is 1.17. The highest BCUT2D eigenvalue weighted by Crippen LogP contribution is 2.32. The lowest BCUT2D eigenvalue weighted by molar-refractivity contribution is 0.0636. The van der Waals surface area contributed by atoms with Gasteiger partial charge in [0.25, 0.3) is 0 Å². The Morgan fingerprint density at radius 1 is 1.43 bits per heavy atom. The highest BCUT2D eigenvalue weighted by molar-refractivity contribution is 9.10. The average molecular weight is 356 g/mol. The topological polar surface area (TPSA) is 41.7 Å². The summed E-state index contributed by atoms with van der Waals surface area (Å²) in [5.74, 6) is 0.917. The maximum absolute atomic E-state index is 6.10. The van der Waals surface area contributed by atoms with Gasteiger partial charge in [0.15, 0.2) is 0 Å². The standard InChI is InChI=1S/C16H26BrN3O/c1-4-13-11-20(8-7-19(13)2)15(10-18)14-9-12(17)5-6-16(14)21-3/h5-6,9,13,15H,4,7-8,10-11,18H2,1-3H3. The van der Waals surface area contributed by atoms with Gasteiger partial charge in [-0.15, -0.1) is 0 Å². The van der Waals surface area contributed by atoms with E-state index in [-0.39, 0.29) is 6.04 Å². The first-order valence-electron chi connectivity index (χ1n) is 7.58. The summed E-state index contributed by atoms with van der Waals surface area (Å²) < 4.78 is 6.60. The van der Waals surface area contributed by atoms with Gasteiger partial charge in [0.05, 0.1) is 13.2 Å². The van der Waals surface area contributed by atoms with Gasteiger partial charge in [-0.3, -0.25) is 4.90 Å². The van der Waals surface area contributed by atoms with Crippen molar-refractivity contribution in [2.45, 2.75) is 25.4 Å². The number of hydrogen-bond acceptors (Lipinski definition) is 4. The third-order valence-corrected chi connectivity index (χ3v) is 4.99. The van der Waals surface area contributed by atoms with Crippen molar-refractivity contribution in [3.05, 3.63) is 28.2 Å². The number of nitrogens with two attached hydrogens (primary N) is 1. The Balaban J connectivity index is 2.25. The SMILES string of the molecule is CCC1CN(C(CN)c2cc(Br)ccc2OC)CCN1C. The van der Waals surface area contributed by atoms with Crippen molar-refractivity contribution in [3.63, 3.8) is 0 Å². The van der Waals surface area contributed by atoms with Crippen molar-refractivity contribution in [1.29, 1.82) is 0 Å². The number of likely N-dealkylation sites (N-methyl/N-ethyl adjacent to an activating group) is 1. The third-order valence-electron chi connectivity index (χ3n) is 4.49. The molecule has 5 heteroatoms. The molecule has 0 bridgehead atoms. The van der Waals surface area contributed by atoms with Gasteiger partial charge in [0, 0.05) is 42.3 Å². The van der Waals surface area contributed by atoms with E-state index < -0.39 is 0 Å². The molecule has 0 spiro atoms. The van der Waals surface area contributed by atoms with Gasteiger partial charge in [-0.05, 0) is 31.7 Å². The molecule has 1 heterocycles. The molecular formula is C16H26BrN3O. The quantitative estimate of drug-likeness (QED) is 0.880. The van der Waals surface area contributed by atoms with E-state index in [2.05, 4.69) is 45.8 Å². The van der Waals surface area contributed by atoms with Crippen molar-refractivity contribution < 1.29 is 4.74 Å². The van der Waals surface area contributed by atoms with Gasteiger partial charge in [0.1, 0.15) is 5.75 Å². The maximum Gasteiger partial charge on any atom is 0.123 e. The first kappa shape index (κ1) is 16.7. The number of hydrogen-bond donors (Lipinski definition) is 1. The van der Waals surface area contributed by atoms with Gasteiger partial charge < -0.3 is 15.4 Å². The molecule has 4 nitrogen and oxygen atoms in total. The Morgan fingerprint density at radius 2 is 2.19 bits per heavy atom. The molecule has 2 atom stereocenters. The van der Waals surface area contributed by atoms with Crippen molar-refractivity contribution in [3.8, 4) is 5.75 Å². The predicted octanol–water partition coefficient (Wildman–Crippen LogP) is 2.48. The summed E-state index contributed by atoms with van der Waals surface area (Å²) in [4.78, 5) is 4.95. The average Bonchev–Trinajstić information content (AvgIpc) is 2.50. The van der Waals surface area contributed by atoms with Crippen LogP contribution in [0, 0.1) is 0 Å². The molecule has 0 radical (unpaired) electrons. The van der Waals surface area contributed by atoms with Crippen LogP contribution in [0.3, 0.4) is 0 Å². The molecule has 2 N–H and O–H groups in total. The highest BCUT2D eigenvalue weighted by Gasteiger charge is 2.29. The third kappa shape index (κ3) is 3.77. The Hall–Kier alpha value is -0.620. The summed E-state index contributed by atoms with van der Waals surface area (Å²) in [7, 11) is 3.93. The van der Waals surface area contributed by atoms with E-state index in [0.29, 0.717) is 12.6 Å². The van der Waals surface area contributed by atoms with Crippen LogP contribution in [-0.4, -0.2) is 56.2 Å². The summed E-state index contributed by atoms with van der Waals surface area (Å²) in [5.41, 5.74) is 7.28. The van der Waals surface area contributed by atoms with Gasteiger partial charge in [-0.1, -0.05) is 22.9 Å². The molecule has 2 unspecified atom stereocenters. The van der Waals surface area contributed by atoms with E-state index in [4.69, 9.17) is 10.5 Å².